The Hall–Kier alpha value is -2.61. The maximum absolute atomic E-state index is 13.6. The highest BCUT2D eigenvalue weighted by Crippen LogP contribution is 2.43. The van der Waals surface area contributed by atoms with Gasteiger partial charge in [-0.05, 0) is 36.8 Å². The van der Waals surface area contributed by atoms with Crippen molar-refractivity contribution in [2.24, 2.45) is 5.92 Å². The number of fused-ring (bicyclic) bond motifs is 3. The van der Waals surface area contributed by atoms with Crippen molar-refractivity contribution in [3.05, 3.63) is 58.1 Å². The van der Waals surface area contributed by atoms with Gasteiger partial charge in [-0.2, -0.15) is 0 Å². The molecule has 0 fully saturated rings. The molecule has 0 radical (unpaired) electrons. The number of para-hydroxylation sites is 2. The van der Waals surface area contributed by atoms with E-state index in [1.807, 2.05) is 28.8 Å². The van der Waals surface area contributed by atoms with E-state index in [2.05, 4.69) is 0 Å². The van der Waals surface area contributed by atoms with Crippen molar-refractivity contribution in [1.82, 2.24) is 9.55 Å². The maximum Gasteiger partial charge on any atom is 0.321 e. The van der Waals surface area contributed by atoms with Crippen LogP contribution in [-0.4, -0.2) is 48.3 Å². The Kier molecular flexibility index (Phi) is 6.18. The van der Waals surface area contributed by atoms with Gasteiger partial charge in [0.05, 0.1) is 36.8 Å². The van der Waals surface area contributed by atoms with Gasteiger partial charge >= 0.3 is 5.97 Å². The molecular formula is C22H21Cl2N3O4. The van der Waals surface area contributed by atoms with Crippen LogP contribution >= 0.6 is 23.2 Å². The fourth-order valence-corrected chi connectivity index (χ4v) is 4.48. The minimum Gasteiger partial charge on any atom is -0.465 e. The third-order valence-corrected chi connectivity index (χ3v) is 5.85. The lowest BCUT2D eigenvalue weighted by Gasteiger charge is -2.38. The van der Waals surface area contributed by atoms with E-state index in [0.29, 0.717) is 27.1 Å². The summed E-state index contributed by atoms with van der Waals surface area (Å²) in [5.41, 5.74) is 2.07. The second-order valence-electron chi connectivity index (χ2n) is 7.09. The molecule has 3 aromatic rings. The van der Waals surface area contributed by atoms with Crippen molar-refractivity contribution in [1.29, 1.82) is 0 Å². The van der Waals surface area contributed by atoms with Crippen LogP contribution in [-0.2, 0) is 19.1 Å². The molecule has 2 atom stereocenters. The molecular weight excluding hydrogens is 441 g/mol. The highest BCUT2D eigenvalue weighted by molar-refractivity contribution is 6.35. The molecule has 7 nitrogen and oxygen atoms in total. The molecule has 0 spiro atoms. The molecule has 31 heavy (non-hydrogen) atoms. The van der Waals surface area contributed by atoms with Gasteiger partial charge in [-0.25, -0.2) is 4.98 Å². The first-order chi connectivity index (χ1) is 15.0. The predicted molar refractivity (Wildman–Crippen MR) is 119 cm³/mol. The minimum absolute atomic E-state index is 0.152. The first-order valence-corrected chi connectivity index (χ1v) is 10.6. The van der Waals surface area contributed by atoms with E-state index in [1.165, 1.54) is 4.90 Å². The van der Waals surface area contributed by atoms with Crippen LogP contribution in [0.3, 0.4) is 0 Å². The fourth-order valence-electron chi connectivity index (χ4n) is 3.96. The molecule has 0 N–H and O–H groups in total. The van der Waals surface area contributed by atoms with E-state index in [-0.39, 0.29) is 19.8 Å². The van der Waals surface area contributed by atoms with E-state index in [4.69, 9.17) is 37.7 Å². The van der Waals surface area contributed by atoms with E-state index in [9.17, 15) is 9.59 Å². The molecule has 1 aromatic heterocycles. The second-order valence-corrected chi connectivity index (χ2v) is 7.94. The van der Waals surface area contributed by atoms with Gasteiger partial charge in [-0.3, -0.25) is 14.5 Å². The molecule has 9 heteroatoms. The van der Waals surface area contributed by atoms with E-state index < -0.39 is 23.8 Å². The van der Waals surface area contributed by atoms with Gasteiger partial charge in [-0.1, -0.05) is 41.4 Å². The molecule has 0 saturated carbocycles. The number of hydrogen-bond donors (Lipinski definition) is 0. The van der Waals surface area contributed by atoms with Crippen molar-refractivity contribution in [3.8, 4) is 0 Å². The summed E-state index contributed by atoms with van der Waals surface area (Å²) in [6.07, 6.45) is 0. The third kappa shape index (κ3) is 3.78. The van der Waals surface area contributed by atoms with Crippen LogP contribution in [0.25, 0.3) is 11.0 Å². The van der Waals surface area contributed by atoms with Crippen LogP contribution < -0.4 is 4.90 Å². The molecule has 1 aliphatic heterocycles. The number of rotatable bonds is 6. The smallest absolute Gasteiger partial charge is 0.321 e. The Labute approximate surface area is 189 Å². The number of esters is 1. The number of carbonyl (C=O) groups is 2. The summed E-state index contributed by atoms with van der Waals surface area (Å²) < 4.78 is 12.4. The quantitative estimate of drug-likeness (QED) is 0.407. The lowest BCUT2D eigenvalue weighted by Crippen LogP contribution is -2.51. The van der Waals surface area contributed by atoms with Gasteiger partial charge in [0, 0.05) is 17.2 Å². The Bertz CT molecular complexity index is 1150. The number of benzene rings is 2. The molecule has 1 aliphatic rings. The van der Waals surface area contributed by atoms with Crippen LogP contribution in [0.1, 0.15) is 18.5 Å². The molecule has 0 saturated heterocycles. The van der Waals surface area contributed by atoms with Crippen LogP contribution in [0.2, 0.25) is 10.0 Å². The van der Waals surface area contributed by atoms with Crippen LogP contribution in [0.5, 0.6) is 0 Å². The van der Waals surface area contributed by atoms with Gasteiger partial charge in [-0.15, -0.1) is 0 Å². The number of methoxy groups -OCH3 is 1. The average molecular weight is 462 g/mol. The first kappa shape index (κ1) is 21.6. The minimum atomic E-state index is -1.14. The largest absolute Gasteiger partial charge is 0.465 e. The van der Waals surface area contributed by atoms with Crippen molar-refractivity contribution in [2.75, 3.05) is 31.8 Å². The molecule has 162 valence electrons. The Balaban J connectivity index is 2.00. The van der Waals surface area contributed by atoms with Crippen LogP contribution in [0, 0.1) is 5.92 Å². The SMILES string of the molecule is CCOC(=O)C1C(=O)N(CCOC)c2nc3ccccc3n2C1c1ccc(Cl)cc1Cl. The summed E-state index contributed by atoms with van der Waals surface area (Å²) in [6.45, 7) is 2.39. The van der Waals surface area contributed by atoms with E-state index in [1.54, 1.807) is 32.2 Å². The molecule has 1 amide bonds. The Morgan fingerprint density at radius 1 is 1.19 bits per heavy atom. The average Bonchev–Trinajstić information content (AvgIpc) is 3.12. The van der Waals surface area contributed by atoms with E-state index in [0.717, 1.165) is 5.52 Å². The summed E-state index contributed by atoms with van der Waals surface area (Å²) in [7, 11) is 1.55. The zero-order chi connectivity index (χ0) is 22.1. The number of hydrogen-bond acceptors (Lipinski definition) is 5. The number of anilines is 1. The molecule has 0 bridgehead atoms. The fraction of sp³-hybridized carbons (Fsp3) is 0.318. The van der Waals surface area contributed by atoms with Gasteiger partial charge in [0.15, 0.2) is 5.92 Å². The summed E-state index contributed by atoms with van der Waals surface area (Å²) in [5.74, 6) is -1.73. The number of imidazole rings is 1. The molecule has 4 rings (SSSR count). The normalized spacial score (nSPS) is 18.3. The number of carbonyl (C=O) groups excluding carboxylic acids is 2. The number of aromatic nitrogens is 2. The van der Waals surface area contributed by atoms with Crippen molar-refractivity contribution in [3.63, 3.8) is 0 Å². The lowest BCUT2D eigenvalue weighted by molar-refractivity contribution is -0.153. The highest BCUT2D eigenvalue weighted by Gasteiger charge is 2.48. The lowest BCUT2D eigenvalue weighted by atomic mass is 9.89. The van der Waals surface area contributed by atoms with Crippen LogP contribution in [0.15, 0.2) is 42.5 Å². The zero-order valence-electron chi connectivity index (χ0n) is 17.0. The number of halogens is 2. The Morgan fingerprint density at radius 3 is 2.68 bits per heavy atom. The summed E-state index contributed by atoms with van der Waals surface area (Å²) in [5, 5.41) is 0.815. The zero-order valence-corrected chi connectivity index (χ0v) is 18.6. The molecule has 0 aliphatic carbocycles. The number of ether oxygens (including phenoxy) is 2. The van der Waals surface area contributed by atoms with Crippen molar-refractivity contribution < 1.29 is 19.1 Å². The summed E-state index contributed by atoms with van der Waals surface area (Å²) in [4.78, 5) is 32.8. The van der Waals surface area contributed by atoms with Gasteiger partial charge in [0.2, 0.25) is 11.9 Å². The van der Waals surface area contributed by atoms with E-state index >= 15 is 0 Å². The monoisotopic (exact) mass is 461 g/mol. The predicted octanol–water partition coefficient (Wildman–Crippen LogP) is 4.10. The number of amides is 1. The molecule has 2 unspecified atom stereocenters. The topological polar surface area (TPSA) is 73.7 Å². The Morgan fingerprint density at radius 2 is 1.97 bits per heavy atom. The highest BCUT2D eigenvalue weighted by atomic mass is 35.5. The van der Waals surface area contributed by atoms with Gasteiger partial charge < -0.3 is 14.0 Å². The first-order valence-electron chi connectivity index (χ1n) is 9.86. The molecule has 2 heterocycles. The van der Waals surface area contributed by atoms with Crippen molar-refractivity contribution in [2.45, 2.75) is 13.0 Å². The van der Waals surface area contributed by atoms with Crippen molar-refractivity contribution >= 4 is 52.1 Å². The standard InChI is InChI=1S/C22H21Cl2N3O4/c1-3-31-21(29)18-19(14-9-8-13(23)12-15(14)24)27-17-7-5-4-6-16(17)25-22(27)26(20(18)28)10-11-30-2/h4-9,12,18-19H,3,10-11H2,1-2H3. The summed E-state index contributed by atoms with van der Waals surface area (Å²) in [6, 6.07) is 11.8. The van der Waals surface area contributed by atoms with Gasteiger partial charge in [0.25, 0.3) is 0 Å². The second kappa shape index (κ2) is 8.86. The van der Waals surface area contributed by atoms with Gasteiger partial charge in [0.1, 0.15) is 0 Å². The summed E-state index contributed by atoms with van der Waals surface area (Å²) >= 11 is 12.7. The molecule has 2 aromatic carbocycles. The third-order valence-electron chi connectivity index (χ3n) is 5.29. The van der Waals surface area contributed by atoms with Crippen LogP contribution in [0.4, 0.5) is 5.95 Å². The number of nitrogens with zero attached hydrogens (tertiary/aromatic N) is 3. The maximum atomic E-state index is 13.6.